The predicted octanol–water partition coefficient (Wildman–Crippen LogP) is 0.188. The molecule has 6 atom stereocenters. The van der Waals surface area contributed by atoms with Gasteiger partial charge in [0, 0.05) is 19.1 Å². The molecule has 4 fully saturated rings. The maximum Gasteiger partial charge on any atom is 0.244 e. The molecule has 2 N–H and O–H groups in total. The van der Waals surface area contributed by atoms with Crippen LogP contribution in [0.5, 0.6) is 0 Å². The zero-order valence-electron chi connectivity index (χ0n) is 15.9. The number of benzene rings is 1. The third-order valence-corrected chi connectivity index (χ3v) is 6.81. The van der Waals surface area contributed by atoms with Gasteiger partial charge >= 0.3 is 0 Å². The number of carbonyl (C=O) groups is 2. The largest absolute Gasteiger partial charge is 0.322 e. The first kappa shape index (κ1) is 18.1. The Hall–Kier alpha value is -2.94. The van der Waals surface area contributed by atoms with Crippen LogP contribution in [-0.4, -0.2) is 64.9 Å². The van der Waals surface area contributed by atoms with Gasteiger partial charge in [-0.25, -0.2) is 0 Å². The maximum absolute atomic E-state index is 13.0. The summed E-state index contributed by atoms with van der Waals surface area (Å²) in [5, 5.41) is 18.7. The summed E-state index contributed by atoms with van der Waals surface area (Å²) in [6.45, 7) is 0.941. The molecular formula is C21H22N6O2. The van der Waals surface area contributed by atoms with E-state index in [-0.39, 0.29) is 36.0 Å². The van der Waals surface area contributed by atoms with E-state index in [0.29, 0.717) is 36.7 Å². The molecule has 148 valence electrons. The second-order valence-corrected chi connectivity index (χ2v) is 8.49. The fraction of sp³-hybridized carbons (Fsp3) is 0.524. The fourth-order valence-corrected chi connectivity index (χ4v) is 5.37. The Morgan fingerprint density at radius 1 is 1.24 bits per heavy atom. The number of rotatable bonds is 4. The highest BCUT2D eigenvalue weighted by Crippen LogP contribution is 2.47. The molecule has 3 aliphatic heterocycles. The quantitative estimate of drug-likeness (QED) is 0.784. The number of hydrogen-bond donors (Lipinski definition) is 1. The summed E-state index contributed by atoms with van der Waals surface area (Å²) in [6, 6.07) is 10.2. The minimum absolute atomic E-state index is 0.0178. The van der Waals surface area contributed by atoms with E-state index < -0.39 is 6.04 Å². The van der Waals surface area contributed by atoms with Gasteiger partial charge in [-0.15, -0.1) is 0 Å². The molecule has 8 heteroatoms. The molecule has 0 aromatic heterocycles. The van der Waals surface area contributed by atoms with Gasteiger partial charge in [-0.1, -0.05) is 12.1 Å². The number of fused-ring (bicyclic) bond motifs is 3. The smallest absolute Gasteiger partial charge is 0.244 e. The second kappa shape index (κ2) is 6.55. The number of nitriles is 2. The standard InChI is InChI=1S/C21H22N6O2/c22-8-12-3-1-2-4-17(12)27-15-7-19(21(27)29)25(10-15)11-16(24)20(28)26-14(9-23)5-13-6-18(13)26/h1-4,13-16,18-19H,5-7,10-11,24H2/t13-,14+,15-,16+,18?,19-/m1/s1. The van der Waals surface area contributed by atoms with Crippen LogP contribution >= 0.6 is 0 Å². The summed E-state index contributed by atoms with van der Waals surface area (Å²) in [7, 11) is 0. The lowest BCUT2D eigenvalue weighted by molar-refractivity contribution is -0.135. The van der Waals surface area contributed by atoms with Crippen LogP contribution in [0.25, 0.3) is 0 Å². The number of para-hydroxylation sites is 1. The molecule has 1 aliphatic carbocycles. The molecule has 1 aromatic rings. The number of hydrogen-bond acceptors (Lipinski definition) is 6. The lowest BCUT2D eigenvalue weighted by Gasteiger charge is -2.36. The van der Waals surface area contributed by atoms with Crippen molar-refractivity contribution in [2.24, 2.45) is 11.7 Å². The van der Waals surface area contributed by atoms with Crippen molar-refractivity contribution in [1.82, 2.24) is 9.80 Å². The highest BCUT2D eigenvalue weighted by atomic mass is 16.2. The van der Waals surface area contributed by atoms with Gasteiger partial charge < -0.3 is 15.5 Å². The Bertz CT molecular complexity index is 965. The zero-order valence-corrected chi connectivity index (χ0v) is 15.9. The van der Waals surface area contributed by atoms with Crippen LogP contribution in [0.2, 0.25) is 0 Å². The number of likely N-dealkylation sites (tertiary alicyclic amines) is 2. The molecule has 5 rings (SSSR count). The Balaban J connectivity index is 1.27. The SMILES string of the molecule is N#Cc1ccccc1N1C(=O)[C@H]2C[C@@H]1CN2C[C@H](N)C(=O)N1C2C[C@H]2C[C@H]1C#N. The average Bonchev–Trinajstić information content (AvgIpc) is 3.07. The number of anilines is 1. The highest BCUT2D eigenvalue weighted by molar-refractivity contribution is 6.02. The van der Waals surface area contributed by atoms with Gasteiger partial charge in [0.1, 0.15) is 12.1 Å². The number of piperidine rings is 1. The lowest BCUT2D eigenvalue weighted by atomic mass is 10.1. The van der Waals surface area contributed by atoms with E-state index >= 15 is 0 Å². The molecule has 29 heavy (non-hydrogen) atoms. The summed E-state index contributed by atoms with van der Waals surface area (Å²) in [5.41, 5.74) is 7.38. The van der Waals surface area contributed by atoms with Crippen molar-refractivity contribution in [2.45, 2.75) is 49.5 Å². The van der Waals surface area contributed by atoms with Gasteiger partial charge in [-0.2, -0.15) is 10.5 Å². The summed E-state index contributed by atoms with van der Waals surface area (Å²) in [6.07, 6.45) is 2.39. The molecule has 1 saturated carbocycles. The van der Waals surface area contributed by atoms with Gasteiger partial charge in [0.15, 0.2) is 0 Å². The van der Waals surface area contributed by atoms with Crippen LogP contribution in [0.15, 0.2) is 24.3 Å². The van der Waals surface area contributed by atoms with Crippen molar-refractivity contribution < 1.29 is 9.59 Å². The zero-order chi connectivity index (χ0) is 20.3. The van der Waals surface area contributed by atoms with E-state index in [4.69, 9.17) is 5.73 Å². The third-order valence-electron chi connectivity index (χ3n) is 6.81. The second-order valence-electron chi connectivity index (χ2n) is 8.49. The molecule has 3 heterocycles. The molecule has 2 amide bonds. The van der Waals surface area contributed by atoms with Crippen molar-refractivity contribution in [3.8, 4) is 12.1 Å². The monoisotopic (exact) mass is 390 g/mol. The first-order valence-corrected chi connectivity index (χ1v) is 10.1. The Labute approximate surface area is 169 Å². The van der Waals surface area contributed by atoms with Crippen LogP contribution < -0.4 is 10.6 Å². The van der Waals surface area contributed by atoms with E-state index in [1.54, 1.807) is 28.0 Å². The minimum Gasteiger partial charge on any atom is -0.322 e. The average molecular weight is 390 g/mol. The van der Waals surface area contributed by atoms with E-state index in [0.717, 1.165) is 12.8 Å². The summed E-state index contributed by atoms with van der Waals surface area (Å²) in [5.74, 6) is 0.235. The number of piperazine rings is 1. The Morgan fingerprint density at radius 2 is 2.03 bits per heavy atom. The van der Waals surface area contributed by atoms with Crippen molar-refractivity contribution in [1.29, 1.82) is 10.5 Å². The third kappa shape index (κ3) is 2.71. The molecule has 2 bridgehead atoms. The van der Waals surface area contributed by atoms with E-state index in [2.05, 4.69) is 12.1 Å². The molecule has 0 radical (unpaired) electrons. The van der Waals surface area contributed by atoms with Gasteiger partial charge in [-0.3, -0.25) is 14.5 Å². The molecule has 3 saturated heterocycles. The summed E-state index contributed by atoms with van der Waals surface area (Å²) in [4.78, 5) is 31.3. The van der Waals surface area contributed by atoms with Crippen molar-refractivity contribution in [3.05, 3.63) is 29.8 Å². The van der Waals surface area contributed by atoms with Crippen LogP contribution in [0.4, 0.5) is 5.69 Å². The van der Waals surface area contributed by atoms with E-state index in [9.17, 15) is 20.1 Å². The van der Waals surface area contributed by atoms with Crippen LogP contribution in [0.1, 0.15) is 24.8 Å². The highest BCUT2D eigenvalue weighted by Gasteiger charge is 2.55. The number of amides is 2. The molecule has 1 aromatic carbocycles. The molecule has 8 nitrogen and oxygen atoms in total. The number of carbonyl (C=O) groups excluding carboxylic acids is 2. The Morgan fingerprint density at radius 3 is 2.76 bits per heavy atom. The summed E-state index contributed by atoms with van der Waals surface area (Å²) >= 11 is 0. The molecule has 4 aliphatic rings. The van der Waals surface area contributed by atoms with Gasteiger partial charge in [-0.05, 0) is 37.3 Å². The fourth-order valence-electron chi connectivity index (χ4n) is 5.37. The molecule has 1 unspecified atom stereocenters. The van der Waals surface area contributed by atoms with Gasteiger partial charge in [0.25, 0.3) is 0 Å². The van der Waals surface area contributed by atoms with Crippen molar-refractivity contribution in [3.63, 3.8) is 0 Å². The topological polar surface area (TPSA) is 117 Å². The van der Waals surface area contributed by atoms with E-state index in [1.807, 2.05) is 11.0 Å². The summed E-state index contributed by atoms with van der Waals surface area (Å²) < 4.78 is 0. The maximum atomic E-state index is 13.0. The van der Waals surface area contributed by atoms with E-state index in [1.165, 1.54) is 0 Å². The normalized spacial score (nSPS) is 33.3. The first-order chi connectivity index (χ1) is 14.0. The Kier molecular flexibility index (Phi) is 4.09. The first-order valence-electron chi connectivity index (χ1n) is 10.1. The van der Waals surface area contributed by atoms with Crippen molar-refractivity contribution in [2.75, 3.05) is 18.0 Å². The van der Waals surface area contributed by atoms with Gasteiger partial charge in [0.2, 0.25) is 11.8 Å². The minimum atomic E-state index is -0.739. The van der Waals surface area contributed by atoms with Gasteiger partial charge in [0.05, 0.1) is 35.4 Å². The molecule has 0 spiro atoms. The van der Waals surface area contributed by atoms with Crippen LogP contribution in [-0.2, 0) is 9.59 Å². The van der Waals surface area contributed by atoms with Crippen molar-refractivity contribution >= 4 is 17.5 Å². The lowest BCUT2D eigenvalue weighted by Crippen LogP contribution is -2.57. The number of nitrogens with zero attached hydrogens (tertiary/aromatic N) is 5. The number of nitrogens with two attached hydrogens (primary N) is 1. The predicted molar refractivity (Wildman–Crippen MR) is 103 cm³/mol. The van der Waals surface area contributed by atoms with Crippen LogP contribution in [0, 0.1) is 28.6 Å². The van der Waals surface area contributed by atoms with Crippen LogP contribution in [0.3, 0.4) is 0 Å². The molecular weight excluding hydrogens is 368 g/mol.